The number of aliphatic hydroxyl groups is 1. The minimum atomic E-state index is -4.04. The number of carbonyl (C=O) groups excluding carboxylic acids is 1. The maximum atomic E-state index is 13.3. The number of rotatable bonds is 9. The van der Waals surface area contributed by atoms with Gasteiger partial charge in [0, 0.05) is 17.3 Å². The van der Waals surface area contributed by atoms with Crippen LogP contribution >= 0.6 is 34.5 Å². The van der Waals surface area contributed by atoms with Gasteiger partial charge in [0.15, 0.2) is 0 Å². The highest BCUT2D eigenvalue weighted by atomic mass is 35.5. The highest BCUT2D eigenvalue weighted by Gasteiger charge is 2.36. The van der Waals surface area contributed by atoms with Gasteiger partial charge in [0.25, 0.3) is 0 Å². The molecule has 2 aromatic heterocycles. The van der Waals surface area contributed by atoms with Crippen molar-refractivity contribution in [1.82, 2.24) is 14.7 Å². The van der Waals surface area contributed by atoms with Gasteiger partial charge >= 0.3 is 10.3 Å². The molecule has 198 valence electrons. The summed E-state index contributed by atoms with van der Waals surface area (Å²) in [6.45, 7) is 0. The van der Waals surface area contributed by atoms with Gasteiger partial charge in [-0.2, -0.15) is 13.1 Å². The van der Waals surface area contributed by atoms with E-state index in [2.05, 4.69) is 24.2 Å². The van der Waals surface area contributed by atoms with Gasteiger partial charge in [0.2, 0.25) is 15.6 Å². The van der Waals surface area contributed by atoms with Gasteiger partial charge in [-0.3, -0.25) is 8.98 Å². The van der Waals surface area contributed by atoms with E-state index >= 15 is 0 Å². The smallest absolute Gasteiger partial charge is 0.335 e. The lowest BCUT2D eigenvalue weighted by molar-refractivity contribution is 0.104. The van der Waals surface area contributed by atoms with Crippen LogP contribution in [0.4, 0.5) is 5.82 Å². The number of halogens is 2. The van der Waals surface area contributed by atoms with E-state index in [9.17, 15) is 26.7 Å². The van der Waals surface area contributed by atoms with Crippen LogP contribution in [0.2, 0.25) is 9.36 Å². The lowest BCUT2D eigenvalue weighted by Crippen LogP contribution is -2.40. The minimum absolute atomic E-state index is 0.0423. The first kappa shape index (κ1) is 27.9. The Bertz CT molecular complexity index is 1550. The molecule has 3 aromatic rings. The number of nitrogens with zero attached hydrogens (tertiary/aromatic N) is 2. The highest BCUT2D eigenvalue weighted by molar-refractivity contribution is 7.91. The van der Waals surface area contributed by atoms with Crippen LogP contribution in [0.3, 0.4) is 0 Å². The molecule has 0 bridgehead atoms. The number of anilines is 1. The maximum absolute atomic E-state index is 13.3. The zero-order chi connectivity index (χ0) is 27.0. The molecule has 3 N–H and O–H groups in total. The average Bonchev–Trinajstić information content (AvgIpc) is 3.41. The first-order chi connectivity index (χ1) is 17.4. The predicted molar refractivity (Wildman–Crippen MR) is 137 cm³/mol. The number of hydrogen-bond acceptors (Lipinski definition) is 11. The van der Waals surface area contributed by atoms with Crippen LogP contribution in [0, 0.1) is 0 Å². The molecule has 0 aliphatic heterocycles. The van der Waals surface area contributed by atoms with E-state index < -0.39 is 44.1 Å². The molecule has 2 heterocycles. The Morgan fingerprint density at radius 2 is 1.95 bits per heavy atom. The first-order valence-corrected chi connectivity index (χ1v) is 15.0. The standard InChI is InChI=1S/C21H20Cl2N4O7S3/c1-34-37(32,33)27-15-6-12(7-16(15)28)26-21-14(9-24-10-25-21)19(29)17-8-18(20(23)35-17)36(30,31)13-4-2-3-11(22)5-13/h2-5,8-10,12,15-16,27-28H,6-7H2,1H3,(H,24,25,26)/t12-,15-,16+/m1/s1. The van der Waals surface area contributed by atoms with Crippen LogP contribution in [-0.4, -0.2) is 63.0 Å². The molecule has 37 heavy (non-hydrogen) atoms. The molecule has 0 radical (unpaired) electrons. The predicted octanol–water partition coefficient (Wildman–Crippen LogP) is 2.69. The average molecular weight is 608 g/mol. The second kappa shape index (κ2) is 10.9. The fraction of sp³-hybridized carbons (Fsp3) is 0.286. The largest absolute Gasteiger partial charge is 0.391 e. The number of sulfone groups is 1. The molecular formula is C21H20Cl2N4O7S3. The fourth-order valence-electron chi connectivity index (χ4n) is 3.84. The summed E-state index contributed by atoms with van der Waals surface area (Å²) >= 11 is 13.0. The summed E-state index contributed by atoms with van der Waals surface area (Å²) in [5.41, 5.74) is 0.0440. The van der Waals surface area contributed by atoms with Gasteiger partial charge in [-0.25, -0.2) is 18.4 Å². The van der Waals surface area contributed by atoms with Gasteiger partial charge < -0.3 is 10.4 Å². The van der Waals surface area contributed by atoms with Crippen molar-refractivity contribution in [3.63, 3.8) is 0 Å². The number of thiophene rings is 1. The molecule has 0 saturated heterocycles. The van der Waals surface area contributed by atoms with Crippen molar-refractivity contribution in [2.24, 2.45) is 0 Å². The fourth-order valence-corrected chi connectivity index (χ4v) is 7.96. The maximum Gasteiger partial charge on any atom is 0.335 e. The number of nitrogens with one attached hydrogen (secondary N) is 2. The third kappa shape index (κ3) is 6.12. The molecule has 4 rings (SSSR count). The van der Waals surface area contributed by atoms with E-state index in [1.165, 1.54) is 42.9 Å². The number of aromatic nitrogens is 2. The van der Waals surface area contributed by atoms with Gasteiger partial charge in [0.05, 0.1) is 34.6 Å². The van der Waals surface area contributed by atoms with Crippen molar-refractivity contribution < 1.29 is 30.9 Å². The van der Waals surface area contributed by atoms with Crippen molar-refractivity contribution in [2.75, 3.05) is 12.4 Å². The second-order valence-corrected chi connectivity index (χ2v) is 13.5. The van der Waals surface area contributed by atoms with E-state index in [4.69, 9.17) is 23.2 Å². The Hall–Kier alpha value is -2.17. The van der Waals surface area contributed by atoms with Gasteiger partial charge in [-0.05, 0) is 37.1 Å². The summed E-state index contributed by atoms with van der Waals surface area (Å²) in [6, 6.07) is 5.63. The summed E-state index contributed by atoms with van der Waals surface area (Å²) in [4.78, 5) is 21.1. The highest BCUT2D eigenvalue weighted by Crippen LogP contribution is 2.37. The Morgan fingerprint density at radius 1 is 1.19 bits per heavy atom. The zero-order valence-electron chi connectivity index (χ0n) is 19.0. The van der Waals surface area contributed by atoms with Crippen molar-refractivity contribution in [2.45, 2.75) is 40.8 Å². The van der Waals surface area contributed by atoms with Crippen LogP contribution in [-0.2, 0) is 24.3 Å². The molecule has 1 saturated carbocycles. The number of carbonyl (C=O) groups is 1. The van der Waals surface area contributed by atoms with Crippen LogP contribution in [0.25, 0.3) is 0 Å². The number of ketones is 1. The molecule has 11 nitrogen and oxygen atoms in total. The number of hydrogen-bond donors (Lipinski definition) is 3. The van der Waals surface area contributed by atoms with Crippen molar-refractivity contribution in [3.8, 4) is 0 Å². The van der Waals surface area contributed by atoms with E-state index in [-0.39, 0.29) is 48.3 Å². The summed E-state index contributed by atoms with van der Waals surface area (Å²) in [5, 5.41) is 13.5. The van der Waals surface area contributed by atoms with Gasteiger partial charge in [-0.15, -0.1) is 11.3 Å². The third-order valence-corrected chi connectivity index (χ3v) is 10.3. The Morgan fingerprint density at radius 3 is 2.65 bits per heavy atom. The van der Waals surface area contributed by atoms with Crippen LogP contribution in [0.15, 0.2) is 52.6 Å². The van der Waals surface area contributed by atoms with E-state index in [1.807, 2.05) is 0 Å². The first-order valence-electron chi connectivity index (χ1n) is 10.6. The number of aliphatic hydroxyl groups excluding tert-OH is 1. The van der Waals surface area contributed by atoms with E-state index in [0.717, 1.165) is 18.4 Å². The monoisotopic (exact) mass is 606 g/mol. The van der Waals surface area contributed by atoms with E-state index in [0.29, 0.717) is 0 Å². The molecule has 1 aliphatic rings. The third-order valence-electron chi connectivity index (χ3n) is 5.62. The van der Waals surface area contributed by atoms with Gasteiger partial charge in [0.1, 0.15) is 21.4 Å². The van der Waals surface area contributed by atoms with Gasteiger partial charge in [-0.1, -0.05) is 29.3 Å². The molecule has 1 aliphatic carbocycles. The molecule has 16 heteroatoms. The van der Waals surface area contributed by atoms with E-state index in [1.54, 1.807) is 0 Å². The molecule has 0 amide bonds. The molecule has 1 fully saturated rings. The molecule has 0 spiro atoms. The van der Waals surface area contributed by atoms with Crippen LogP contribution in [0.5, 0.6) is 0 Å². The van der Waals surface area contributed by atoms with Crippen molar-refractivity contribution >= 4 is 66.3 Å². The summed E-state index contributed by atoms with van der Waals surface area (Å²) in [5.74, 6) is -0.436. The second-order valence-electron chi connectivity index (χ2n) is 8.05. The zero-order valence-corrected chi connectivity index (χ0v) is 22.9. The Balaban J connectivity index is 1.57. The minimum Gasteiger partial charge on any atom is -0.391 e. The van der Waals surface area contributed by atoms with Crippen molar-refractivity contribution in [3.05, 3.63) is 62.7 Å². The summed E-state index contributed by atoms with van der Waals surface area (Å²) in [7, 11) is -7.06. The van der Waals surface area contributed by atoms with Crippen LogP contribution in [0.1, 0.15) is 28.1 Å². The number of benzene rings is 1. The SMILES string of the molecule is COS(=O)(=O)N[C@@H]1C[C@@H](Nc2ncncc2C(=O)c2cc(S(=O)(=O)c3cccc(Cl)c3)c(Cl)s2)C[C@@H]1O. The summed E-state index contributed by atoms with van der Waals surface area (Å²) < 4.78 is 56.1. The lowest BCUT2D eigenvalue weighted by atomic mass is 10.1. The normalized spacial score (nSPS) is 20.2. The van der Waals surface area contributed by atoms with Crippen molar-refractivity contribution in [1.29, 1.82) is 0 Å². The molecule has 3 atom stereocenters. The van der Waals surface area contributed by atoms with Crippen LogP contribution < -0.4 is 10.0 Å². The molecule has 1 aromatic carbocycles. The molecule has 0 unspecified atom stereocenters. The topological polar surface area (TPSA) is 165 Å². The lowest BCUT2D eigenvalue weighted by Gasteiger charge is -2.16. The molecular weight excluding hydrogens is 587 g/mol. The summed E-state index contributed by atoms with van der Waals surface area (Å²) in [6.07, 6.45) is 1.84. The Labute approximate surface area is 227 Å². The Kier molecular flexibility index (Phi) is 8.21. The quantitative estimate of drug-likeness (QED) is 0.308.